The Hall–Kier alpha value is -2.93. The molecule has 27 heavy (non-hydrogen) atoms. The summed E-state index contributed by atoms with van der Waals surface area (Å²) in [7, 11) is 0. The molecule has 0 saturated heterocycles. The Balaban J connectivity index is 1.70. The second kappa shape index (κ2) is 9.68. The average molecular weight is 393 g/mol. The van der Waals surface area contributed by atoms with Crippen LogP contribution in [-0.2, 0) is 19.1 Å². The zero-order valence-corrected chi connectivity index (χ0v) is 15.3. The second-order valence-electron chi connectivity index (χ2n) is 5.72. The molecule has 0 fully saturated rings. The van der Waals surface area contributed by atoms with Crippen LogP contribution in [0.5, 0.6) is 0 Å². The van der Waals surface area contributed by atoms with Crippen LogP contribution in [0.3, 0.4) is 0 Å². The predicted octanol–water partition coefficient (Wildman–Crippen LogP) is 3.69. The van der Waals surface area contributed by atoms with Crippen LogP contribution in [0.2, 0.25) is 5.02 Å². The quantitative estimate of drug-likeness (QED) is 0.704. The van der Waals surface area contributed by atoms with Gasteiger partial charge in [-0.25, -0.2) is 4.39 Å². The fourth-order valence-electron chi connectivity index (χ4n) is 2.11. The van der Waals surface area contributed by atoms with Gasteiger partial charge in [-0.05, 0) is 48.9 Å². The first-order valence-electron chi connectivity index (χ1n) is 8.10. The molecule has 0 aliphatic rings. The van der Waals surface area contributed by atoms with Crippen molar-refractivity contribution in [2.75, 3.05) is 17.2 Å². The highest BCUT2D eigenvalue weighted by Crippen LogP contribution is 2.20. The zero-order chi connectivity index (χ0) is 19.8. The van der Waals surface area contributed by atoms with E-state index in [-0.39, 0.29) is 12.8 Å². The van der Waals surface area contributed by atoms with Crippen LogP contribution in [0, 0.1) is 12.7 Å². The first kappa shape index (κ1) is 20.4. The highest BCUT2D eigenvalue weighted by atomic mass is 35.5. The van der Waals surface area contributed by atoms with Crippen molar-refractivity contribution < 1.29 is 23.5 Å². The lowest BCUT2D eigenvalue weighted by atomic mass is 10.2. The maximum Gasteiger partial charge on any atom is 0.306 e. The van der Waals surface area contributed by atoms with Crippen molar-refractivity contribution in [2.45, 2.75) is 19.8 Å². The van der Waals surface area contributed by atoms with Gasteiger partial charge in [0.25, 0.3) is 5.91 Å². The van der Waals surface area contributed by atoms with Crippen LogP contribution in [0.15, 0.2) is 42.5 Å². The number of carbonyl (C=O) groups excluding carboxylic acids is 3. The van der Waals surface area contributed by atoms with E-state index in [0.717, 1.165) is 5.56 Å². The number of benzene rings is 2. The van der Waals surface area contributed by atoms with Crippen molar-refractivity contribution in [3.8, 4) is 0 Å². The molecule has 0 saturated carbocycles. The summed E-state index contributed by atoms with van der Waals surface area (Å²) in [5.74, 6) is -2.02. The van der Waals surface area contributed by atoms with Crippen LogP contribution in [0.4, 0.5) is 15.8 Å². The van der Waals surface area contributed by atoms with Crippen LogP contribution in [0.25, 0.3) is 0 Å². The summed E-state index contributed by atoms with van der Waals surface area (Å²) in [5, 5.41) is 5.60. The summed E-state index contributed by atoms with van der Waals surface area (Å²) in [6.07, 6.45) is -0.304. The Kier molecular flexibility index (Phi) is 7.31. The molecule has 0 atom stereocenters. The lowest BCUT2D eigenvalue weighted by Crippen LogP contribution is -2.22. The fraction of sp³-hybridized carbons (Fsp3) is 0.211. The molecule has 0 heterocycles. The van der Waals surface area contributed by atoms with Gasteiger partial charge >= 0.3 is 5.97 Å². The molecule has 0 bridgehead atoms. The molecule has 2 aromatic carbocycles. The topological polar surface area (TPSA) is 84.5 Å². The lowest BCUT2D eigenvalue weighted by molar-refractivity contribution is -0.147. The Labute approximate surface area is 160 Å². The number of carbonyl (C=O) groups is 3. The summed E-state index contributed by atoms with van der Waals surface area (Å²) >= 11 is 5.87. The number of nitrogens with one attached hydrogen (secondary N) is 2. The van der Waals surface area contributed by atoms with Gasteiger partial charge in [0.2, 0.25) is 5.91 Å². The maximum absolute atomic E-state index is 12.8. The molecular weight excluding hydrogens is 375 g/mol. The van der Waals surface area contributed by atoms with E-state index in [1.807, 2.05) is 0 Å². The van der Waals surface area contributed by atoms with Gasteiger partial charge in [0.15, 0.2) is 6.61 Å². The molecule has 2 amide bonds. The summed E-state index contributed by atoms with van der Waals surface area (Å²) in [6.45, 7) is 1.34. The standard InChI is InChI=1S/C19H18ClFN2O4/c1-12-2-3-13(20)10-16(12)23-18(25)11-27-19(26)9-8-17(24)22-15-6-4-14(21)5-7-15/h2-7,10H,8-9,11H2,1H3,(H,22,24)(H,23,25). The van der Waals surface area contributed by atoms with Crippen molar-refractivity contribution in [1.82, 2.24) is 0 Å². The minimum atomic E-state index is -0.678. The number of aryl methyl sites for hydroxylation is 1. The second-order valence-corrected chi connectivity index (χ2v) is 6.16. The van der Waals surface area contributed by atoms with Gasteiger partial charge in [0, 0.05) is 22.8 Å². The molecule has 8 heteroatoms. The highest BCUT2D eigenvalue weighted by molar-refractivity contribution is 6.31. The Bertz CT molecular complexity index is 840. The van der Waals surface area contributed by atoms with E-state index in [4.69, 9.17) is 16.3 Å². The third-order valence-corrected chi connectivity index (χ3v) is 3.76. The molecule has 142 valence electrons. The molecule has 2 rings (SSSR count). The van der Waals surface area contributed by atoms with E-state index in [0.29, 0.717) is 16.4 Å². The number of ether oxygens (including phenoxy) is 1. The fourth-order valence-corrected chi connectivity index (χ4v) is 2.28. The molecule has 2 aromatic rings. The Morgan fingerprint density at radius 2 is 1.70 bits per heavy atom. The van der Waals surface area contributed by atoms with Gasteiger partial charge in [-0.2, -0.15) is 0 Å². The van der Waals surface area contributed by atoms with Crippen LogP contribution < -0.4 is 10.6 Å². The Morgan fingerprint density at radius 3 is 2.41 bits per heavy atom. The number of hydrogen-bond acceptors (Lipinski definition) is 4. The van der Waals surface area contributed by atoms with E-state index in [1.165, 1.54) is 24.3 Å². The molecule has 0 aromatic heterocycles. The average Bonchev–Trinajstić information content (AvgIpc) is 2.63. The number of amides is 2. The van der Waals surface area contributed by atoms with Gasteiger partial charge in [0.05, 0.1) is 6.42 Å². The van der Waals surface area contributed by atoms with Crippen molar-refractivity contribution in [3.05, 3.63) is 58.9 Å². The lowest BCUT2D eigenvalue weighted by Gasteiger charge is -2.09. The minimum Gasteiger partial charge on any atom is -0.456 e. The van der Waals surface area contributed by atoms with Crippen molar-refractivity contribution in [2.24, 2.45) is 0 Å². The van der Waals surface area contributed by atoms with Crippen LogP contribution in [0.1, 0.15) is 18.4 Å². The van der Waals surface area contributed by atoms with Crippen LogP contribution >= 0.6 is 11.6 Å². The van der Waals surface area contributed by atoms with Crippen molar-refractivity contribution >= 4 is 40.8 Å². The smallest absolute Gasteiger partial charge is 0.306 e. The maximum atomic E-state index is 12.8. The molecule has 6 nitrogen and oxygen atoms in total. The number of rotatable bonds is 7. The zero-order valence-electron chi connectivity index (χ0n) is 14.6. The van der Waals surface area contributed by atoms with Gasteiger partial charge < -0.3 is 15.4 Å². The summed E-state index contributed by atoms with van der Waals surface area (Å²) in [6, 6.07) is 10.3. The number of hydrogen-bond donors (Lipinski definition) is 2. The molecule has 0 spiro atoms. The van der Waals surface area contributed by atoms with Gasteiger partial charge in [-0.15, -0.1) is 0 Å². The van der Waals surface area contributed by atoms with E-state index in [9.17, 15) is 18.8 Å². The normalized spacial score (nSPS) is 10.2. The number of esters is 1. The third kappa shape index (κ3) is 7.07. The summed E-state index contributed by atoms with van der Waals surface area (Å²) in [5.41, 5.74) is 1.77. The molecule has 0 aliphatic heterocycles. The molecule has 2 N–H and O–H groups in total. The number of halogens is 2. The third-order valence-electron chi connectivity index (χ3n) is 3.52. The number of anilines is 2. The van der Waals surface area contributed by atoms with Crippen LogP contribution in [-0.4, -0.2) is 24.4 Å². The molecule has 0 aliphatic carbocycles. The Morgan fingerprint density at radius 1 is 1.00 bits per heavy atom. The van der Waals surface area contributed by atoms with Gasteiger partial charge in [-0.1, -0.05) is 17.7 Å². The largest absolute Gasteiger partial charge is 0.456 e. The first-order valence-corrected chi connectivity index (χ1v) is 8.48. The molecule has 0 radical (unpaired) electrons. The minimum absolute atomic E-state index is 0.120. The summed E-state index contributed by atoms with van der Waals surface area (Å²) < 4.78 is 17.6. The SMILES string of the molecule is Cc1ccc(Cl)cc1NC(=O)COC(=O)CCC(=O)Nc1ccc(F)cc1. The monoisotopic (exact) mass is 392 g/mol. The molecular formula is C19H18ClFN2O4. The highest BCUT2D eigenvalue weighted by Gasteiger charge is 2.12. The van der Waals surface area contributed by atoms with Gasteiger partial charge in [-0.3, -0.25) is 14.4 Å². The van der Waals surface area contributed by atoms with Gasteiger partial charge in [0.1, 0.15) is 5.82 Å². The summed E-state index contributed by atoms with van der Waals surface area (Å²) in [4.78, 5) is 35.3. The van der Waals surface area contributed by atoms with Crippen molar-refractivity contribution in [1.29, 1.82) is 0 Å². The predicted molar refractivity (Wildman–Crippen MR) is 100 cm³/mol. The van der Waals surface area contributed by atoms with E-state index >= 15 is 0 Å². The molecule has 0 unspecified atom stereocenters. The van der Waals surface area contributed by atoms with E-state index in [1.54, 1.807) is 25.1 Å². The van der Waals surface area contributed by atoms with E-state index < -0.39 is 30.2 Å². The first-order chi connectivity index (χ1) is 12.8. The van der Waals surface area contributed by atoms with E-state index in [2.05, 4.69) is 10.6 Å². The van der Waals surface area contributed by atoms with Crippen molar-refractivity contribution in [3.63, 3.8) is 0 Å².